The van der Waals surface area contributed by atoms with Crippen LogP contribution in [0.1, 0.15) is 13.3 Å². The zero-order chi connectivity index (χ0) is 8.81. The molecule has 0 aliphatic carbocycles. The van der Waals surface area contributed by atoms with E-state index in [1.807, 2.05) is 18.0 Å². The number of anilines is 1. The van der Waals surface area contributed by atoms with Crippen LogP contribution >= 0.6 is 11.8 Å². The van der Waals surface area contributed by atoms with E-state index in [0.717, 1.165) is 12.5 Å². The lowest BCUT2D eigenvalue weighted by Gasteiger charge is -2.07. The molecule has 0 saturated carbocycles. The maximum absolute atomic E-state index is 4.07. The molecule has 1 heterocycles. The molecule has 1 unspecified atom stereocenters. The van der Waals surface area contributed by atoms with E-state index >= 15 is 0 Å². The summed E-state index contributed by atoms with van der Waals surface area (Å²) in [5, 5.41) is 3.93. The maximum Gasteiger partial charge on any atom is 0.200 e. The summed E-state index contributed by atoms with van der Waals surface area (Å²) in [6.45, 7) is 3.21. The first-order valence-electron chi connectivity index (χ1n) is 4.09. The molecule has 0 aromatic carbocycles. The van der Waals surface area contributed by atoms with Crippen LogP contribution in [0.2, 0.25) is 0 Å². The first-order chi connectivity index (χ1) is 5.83. The fraction of sp³-hybridized carbons (Fsp3) is 0.625. The molecule has 1 aromatic heterocycles. The Bertz CT molecular complexity index is 198. The molecule has 68 valence electrons. The minimum atomic E-state index is 0.715. The van der Waals surface area contributed by atoms with Gasteiger partial charge in [0.15, 0.2) is 5.95 Å². The number of nitrogens with zero attached hydrogens (tertiary/aromatic N) is 1. The molecule has 1 atom stereocenters. The van der Waals surface area contributed by atoms with Gasteiger partial charge in [-0.15, -0.1) is 0 Å². The van der Waals surface area contributed by atoms with Crippen molar-refractivity contribution >= 4 is 17.7 Å². The van der Waals surface area contributed by atoms with Crippen LogP contribution in [0.4, 0.5) is 5.95 Å². The largest absolute Gasteiger partial charge is 0.356 e. The standard InChI is InChI=1S/C8H15N3S/c1-7(12-2)3-4-9-8-10-5-6-11-8/h5-7H,3-4H2,1-2H3,(H2,9,10,11). The zero-order valence-electron chi connectivity index (χ0n) is 7.50. The number of nitrogens with one attached hydrogen (secondary N) is 2. The van der Waals surface area contributed by atoms with Crippen molar-refractivity contribution in [1.82, 2.24) is 9.97 Å². The topological polar surface area (TPSA) is 40.7 Å². The number of aromatic nitrogens is 2. The van der Waals surface area contributed by atoms with E-state index < -0.39 is 0 Å². The van der Waals surface area contributed by atoms with Gasteiger partial charge in [0.05, 0.1) is 0 Å². The summed E-state index contributed by atoms with van der Waals surface area (Å²) < 4.78 is 0. The number of hydrogen-bond acceptors (Lipinski definition) is 3. The van der Waals surface area contributed by atoms with E-state index in [2.05, 4.69) is 28.5 Å². The van der Waals surface area contributed by atoms with Gasteiger partial charge in [0.2, 0.25) is 0 Å². The van der Waals surface area contributed by atoms with Crippen LogP contribution in [0.15, 0.2) is 12.4 Å². The Balaban J connectivity index is 2.11. The highest BCUT2D eigenvalue weighted by Crippen LogP contribution is 2.09. The average molecular weight is 185 g/mol. The van der Waals surface area contributed by atoms with Crippen LogP contribution in [0.5, 0.6) is 0 Å². The molecular weight excluding hydrogens is 170 g/mol. The predicted molar refractivity (Wildman–Crippen MR) is 54.7 cm³/mol. The highest BCUT2D eigenvalue weighted by molar-refractivity contribution is 7.99. The Labute approximate surface area is 77.4 Å². The van der Waals surface area contributed by atoms with Gasteiger partial charge in [-0.1, -0.05) is 6.92 Å². The quantitative estimate of drug-likeness (QED) is 0.736. The summed E-state index contributed by atoms with van der Waals surface area (Å²) in [6.07, 6.45) is 6.88. The molecule has 0 saturated heterocycles. The fourth-order valence-electron chi connectivity index (χ4n) is 0.874. The van der Waals surface area contributed by atoms with Crippen molar-refractivity contribution in [3.8, 4) is 0 Å². The number of aromatic amines is 1. The van der Waals surface area contributed by atoms with Crippen molar-refractivity contribution in [3.63, 3.8) is 0 Å². The molecule has 1 rings (SSSR count). The molecular formula is C8H15N3S. The summed E-state index contributed by atoms with van der Waals surface area (Å²) in [7, 11) is 0. The SMILES string of the molecule is CSC(C)CCNc1ncc[nH]1. The van der Waals surface area contributed by atoms with Gasteiger partial charge in [0, 0.05) is 24.2 Å². The molecule has 0 spiro atoms. The normalized spacial score (nSPS) is 12.8. The fourth-order valence-corrected chi connectivity index (χ4v) is 1.23. The lowest BCUT2D eigenvalue weighted by molar-refractivity contribution is 0.847. The molecule has 0 aliphatic rings. The van der Waals surface area contributed by atoms with Crippen LogP contribution in [0.3, 0.4) is 0 Å². The number of hydrogen-bond donors (Lipinski definition) is 2. The van der Waals surface area contributed by atoms with Crippen LogP contribution in [-0.2, 0) is 0 Å². The average Bonchev–Trinajstić information content (AvgIpc) is 2.57. The monoisotopic (exact) mass is 185 g/mol. The van der Waals surface area contributed by atoms with Gasteiger partial charge in [-0.25, -0.2) is 4.98 Å². The highest BCUT2D eigenvalue weighted by Gasteiger charge is 1.98. The van der Waals surface area contributed by atoms with Crippen LogP contribution in [0.25, 0.3) is 0 Å². The number of rotatable bonds is 5. The lowest BCUT2D eigenvalue weighted by Crippen LogP contribution is -2.08. The molecule has 0 radical (unpaired) electrons. The summed E-state index contributed by atoms with van der Waals surface area (Å²) in [5.41, 5.74) is 0. The van der Waals surface area contributed by atoms with Crippen molar-refractivity contribution in [2.75, 3.05) is 18.1 Å². The lowest BCUT2D eigenvalue weighted by atomic mass is 10.3. The number of H-pyrrole nitrogens is 1. The van der Waals surface area contributed by atoms with Crippen molar-refractivity contribution < 1.29 is 0 Å². The third kappa shape index (κ3) is 3.17. The first-order valence-corrected chi connectivity index (χ1v) is 5.37. The van der Waals surface area contributed by atoms with Gasteiger partial charge < -0.3 is 10.3 Å². The molecule has 2 N–H and O–H groups in total. The Morgan fingerprint density at radius 2 is 2.58 bits per heavy atom. The summed E-state index contributed by atoms with van der Waals surface area (Å²) in [6, 6.07) is 0. The van der Waals surface area contributed by atoms with Crippen molar-refractivity contribution in [3.05, 3.63) is 12.4 Å². The van der Waals surface area contributed by atoms with Gasteiger partial charge in [-0.3, -0.25) is 0 Å². The van der Waals surface area contributed by atoms with Gasteiger partial charge >= 0.3 is 0 Å². The molecule has 3 nitrogen and oxygen atoms in total. The minimum Gasteiger partial charge on any atom is -0.356 e. The Hall–Kier alpha value is -0.640. The first kappa shape index (κ1) is 9.45. The molecule has 1 aromatic rings. The van der Waals surface area contributed by atoms with E-state index in [-0.39, 0.29) is 0 Å². The molecule has 4 heteroatoms. The second kappa shape index (κ2) is 5.09. The highest BCUT2D eigenvalue weighted by atomic mass is 32.2. The molecule has 0 aliphatic heterocycles. The number of imidazole rings is 1. The second-order valence-electron chi connectivity index (χ2n) is 2.70. The van der Waals surface area contributed by atoms with Gasteiger partial charge in [-0.2, -0.15) is 11.8 Å². The van der Waals surface area contributed by atoms with Crippen molar-refractivity contribution in [2.24, 2.45) is 0 Å². The summed E-state index contributed by atoms with van der Waals surface area (Å²) >= 11 is 1.89. The predicted octanol–water partition coefficient (Wildman–Crippen LogP) is 1.96. The van der Waals surface area contributed by atoms with Gasteiger partial charge in [0.1, 0.15) is 0 Å². The molecule has 12 heavy (non-hydrogen) atoms. The Morgan fingerprint density at radius 3 is 3.17 bits per heavy atom. The number of thioether (sulfide) groups is 1. The third-order valence-electron chi connectivity index (χ3n) is 1.74. The van der Waals surface area contributed by atoms with Crippen LogP contribution < -0.4 is 5.32 Å². The van der Waals surface area contributed by atoms with Crippen LogP contribution in [0, 0.1) is 0 Å². The van der Waals surface area contributed by atoms with Gasteiger partial charge in [0.25, 0.3) is 0 Å². The smallest absolute Gasteiger partial charge is 0.200 e. The molecule has 0 fully saturated rings. The van der Waals surface area contributed by atoms with E-state index in [1.54, 1.807) is 6.20 Å². The maximum atomic E-state index is 4.07. The van der Waals surface area contributed by atoms with E-state index in [4.69, 9.17) is 0 Å². The summed E-state index contributed by atoms with van der Waals surface area (Å²) in [4.78, 5) is 7.07. The van der Waals surface area contributed by atoms with Crippen molar-refractivity contribution in [2.45, 2.75) is 18.6 Å². The van der Waals surface area contributed by atoms with Crippen molar-refractivity contribution in [1.29, 1.82) is 0 Å². The Morgan fingerprint density at radius 1 is 1.75 bits per heavy atom. The summed E-state index contributed by atoms with van der Waals surface area (Å²) in [5.74, 6) is 0.864. The van der Waals surface area contributed by atoms with Crippen LogP contribution in [-0.4, -0.2) is 28.0 Å². The molecule has 0 bridgehead atoms. The minimum absolute atomic E-state index is 0.715. The van der Waals surface area contributed by atoms with E-state index in [9.17, 15) is 0 Å². The molecule has 0 amide bonds. The third-order valence-corrected chi connectivity index (χ3v) is 2.78. The van der Waals surface area contributed by atoms with E-state index in [1.165, 1.54) is 6.42 Å². The Kier molecular flexibility index (Phi) is 4.00. The van der Waals surface area contributed by atoms with Gasteiger partial charge in [-0.05, 0) is 12.7 Å². The zero-order valence-corrected chi connectivity index (χ0v) is 8.32. The van der Waals surface area contributed by atoms with E-state index in [0.29, 0.717) is 5.25 Å². The second-order valence-corrected chi connectivity index (χ2v) is 3.98.